The molecule has 18 heavy (non-hydrogen) atoms. The van der Waals surface area contributed by atoms with Crippen LogP contribution in [0.15, 0.2) is 12.4 Å². The standard InChI is InChI=1S/C14H26N4/c1-6-11-7-15-13(14(2,3)4)10-18(11)12-8-16-17(5)9-12/h8-9,11,13,15H,6-7,10H2,1-5H3. The lowest BCUT2D eigenvalue weighted by Gasteiger charge is -2.45. The van der Waals surface area contributed by atoms with Crippen LogP contribution in [0.4, 0.5) is 5.69 Å². The van der Waals surface area contributed by atoms with Gasteiger partial charge < -0.3 is 10.2 Å². The average molecular weight is 250 g/mol. The number of rotatable bonds is 2. The van der Waals surface area contributed by atoms with Gasteiger partial charge in [-0.15, -0.1) is 0 Å². The molecule has 0 spiro atoms. The van der Waals surface area contributed by atoms with Crippen LogP contribution in [0.25, 0.3) is 0 Å². The van der Waals surface area contributed by atoms with Crippen LogP contribution < -0.4 is 10.2 Å². The van der Waals surface area contributed by atoms with Crippen LogP contribution in [0.1, 0.15) is 34.1 Å². The second-order valence-electron chi connectivity index (χ2n) is 6.41. The Bertz CT molecular complexity index is 391. The van der Waals surface area contributed by atoms with E-state index in [1.54, 1.807) is 0 Å². The van der Waals surface area contributed by atoms with E-state index in [0.29, 0.717) is 17.5 Å². The van der Waals surface area contributed by atoms with E-state index in [-0.39, 0.29) is 0 Å². The first-order chi connectivity index (χ1) is 8.41. The number of piperazine rings is 1. The summed E-state index contributed by atoms with van der Waals surface area (Å²) in [5, 5.41) is 8.00. The van der Waals surface area contributed by atoms with Crippen molar-refractivity contribution in [3.05, 3.63) is 12.4 Å². The largest absolute Gasteiger partial charge is 0.363 e. The molecule has 0 aliphatic carbocycles. The Morgan fingerprint density at radius 3 is 2.67 bits per heavy atom. The fourth-order valence-corrected chi connectivity index (χ4v) is 2.62. The molecule has 1 aliphatic heterocycles. The van der Waals surface area contributed by atoms with E-state index in [1.807, 2.05) is 17.9 Å². The van der Waals surface area contributed by atoms with Crippen LogP contribution in [-0.2, 0) is 7.05 Å². The van der Waals surface area contributed by atoms with Crippen molar-refractivity contribution in [3.8, 4) is 0 Å². The van der Waals surface area contributed by atoms with Crippen molar-refractivity contribution in [2.45, 2.75) is 46.2 Å². The average Bonchev–Trinajstić information content (AvgIpc) is 2.73. The van der Waals surface area contributed by atoms with Gasteiger partial charge in [0, 0.05) is 38.4 Å². The fraction of sp³-hybridized carbons (Fsp3) is 0.786. The molecule has 1 N–H and O–H groups in total. The van der Waals surface area contributed by atoms with Crippen LogP contribution in [0, 0.1) is 5.41 Å². The number of aromatic nitrogens is 2. The Kier molecular flexibility index (Phi) is 3.66. The maximum absolute atomic E-state index is 4.30. The summed E-state index contributed by atoms with van der Waals surface area (Å²) >= 11 is 0. The van der Waals surface area contributed by atoms with Crippen LogP contribution >= 0.6 is 0 Å². The van der Waals surface area contributed by atoms with Crippen molar-refractivity contribution in [2.75, 3.05) is 18.0 Å². The normalized spacial score (nSPS) is 25.5. The monoisotopic (exact) mass is 250 g/mol. The Labute approximate surface area is 110 Å². The summed E-state index contributed by atoms with van der Waals surface area (Å²) in [6.07, 6.45) is 5.26. The van der Waals surface area contributed by atoms with Gasteiger partial charge in [-0.1, -0.05) is 27.7 Å². The van der Waals surface area contributed by atoms with Crippen molar-refractivity contribution >= 4 is 5.69 Å². The second kappa shape index (κ2) is 4.92. The van der Waals surface area contributed by atoms with E-state index in [0.717, 1.165) is 13.1 Å². The van der Waals surface area contributed by atoms with Crippen molar-refractivity contribution in [2.24, 2.45) is 12.5 Å². The Balaban J connectivity index is 2.18. The summed E-state index contributed by atoms with van der Waals surface area (Å²) in [5.74, 6) is 0. The SMILES string of the molecule is CCC1CNC(C(C)(C)C)CN1c1cnn(C)c1. The predicted molar refractivity (Wildman–Crippen MR) is 75.9 cm³/mol. The second-order valence-corrected chi connectivity index (χ2v) is 6.41. The van der Waals surface area contributed by atoms with Crippen LogP contribution in [0.3, 0.4) is 0 Å². The first-order valence-corrected chi connectivity index (χ1v) is 6.90. The molecule has 0 aromatic carbocycles. The van der Waals surface area contributed by atoms with Gasteiger partial charge >= 0.3 is 0 Å². The molecule has 1 fully saturated rings. The third-order valence-corrected chi connectivity index (χ3v) is 3.96. The maximum Gasteiger partial charge on any atom is 0.0755 e. The highest BCUT2D eigenvalue weighted by atomic mass is 15.3. The topological polar surface area (TPSA) is 33.1 Å². The first kappa shape index (κ1) is 13.4. The Hall–Kier alpha value is -1.03. The highest BCUT2D eigenvalue weighted by Gasteiger charge is 2.33. The molecule has 0 saturated carbocycles. The van der Waals surface area contributed by atoms with E-state index in [4.69, 9.17) is 0 Å². The molecule has 0 bridgehead atoms. The molecule has 2 heterocycles. The van der Waals surface area contributed by atoms with E-state index in [1.165, 1.54) is 12.1 Å². The molecule has 1 aromatic heterocycles. The van der Waals surface area contributed by atoms with Gasteiger partial charge in [-0.25, -0.2) is 0 Å². The molecule has 102 valence electrons. The summed E-state index contributed by atoms with van der Waals surface area (Å²) in [5.41, 5.74) is 1.54. The number of hydrogen-bond acceptors (Lipinski definition) is 3. The number of aryl methyl sites for hydroxylation is 1. The van der Waals surface area contributed by atoms with Crippen LogP contribution in [0.2, 0.25) is 0 Å². The lowest BCUT2D eigenvalue weighted by molar-refractivity contribution is 0.233. The summed E-state index contributed by atoms with van der Waals surface area (Å²) in [6, 6.07) is 1.10. The fourth-order valence-electron chi connectivity index (χ4n) is 2.62. The molecule has 1 aromatic rings. The molecule has 0 radical (unpaired) electrons. The summed E-state index contributed by atoms with van der Waals surface area (Å²) in [4.78, 5) is 2.51. The van der Waals surface area contributed by atoms with Crippen molar-refractivity contribution in [3.63, 3.8) is 0 Å². The zero-order chi connectivity index (χ0) is 13.3. The summed E-state index contributed by atoms with van der Waals surface area (Å²) in [7, 11) is 1.98. The predicted octanol–water partition coefficient (Wildman–Crippen LogP) is 2.02. The molecule has 2 atom stereocenters. The van der Waals surface area contributed by atoms with Crippen molar-refractivity contribution in [1.29, 1.82) is 0 Å². The van der Waals surface area contributed by atoms with Gasteiger partial charge in [-0.3, -0.25) is 4.68 Å². The van der Waals surface area contributed by atoms with Gasteiger partial charge in [0.15, 0.2) is 0 Å². The molecule has 4 heteroatoms. The molecular formula is C14H26N4. The lowest BCUT2D eigenvalue weighted by atomic mass is 9.84. The highest BCUT2D eigenvalue weighted by molar-refractivity contribution is 5.44. The number of nitrogens with one attached hydrogen (secondary N) is 1. The van der Waals surface area contributed by atoms with Gasteiger partial charge in [0.05, 0.1) is 11.9 Å². The van der Waals surface area contributed by atoms with Gasteiger partial charge in [0.1, 0.15) is 0 Å². The van der Waals surface area contributed by atoms with Crippen LogP contribution in [-0.4, -0.2) is 35.0 Å². The summed E-state index contributed by atoms with van der Waals surface area (Å²) < 4.78 is 1.89. The van der Waals surface area contributed by atoms with E-state index in [9.17, 15) is 0 Å². The van der Waals surface area contributed by atoms with Gasteiger partial charge in [-0.05, 0) is 11.8 Å². The number of nitrogens with zero attached hydrogens (tertiary/aromatic N) is 3. The minimum Gasteiger partial charge on any atom is -0.363 e. The smallest absolute Gasteiger partial charge is 0.0755 e. The highest BCUT2D eigenvalue weighted by Crippen LogP contribution is 2.27. The van der Waals surface area contributed by atoms with E-state index < -0.39 is 0 Å². The van der Waals surface area contributed by atoms with Crippen molar-refractivity contribution in [1.82, 2.24) is 15.1 Å². The Morgan fingerprint density at radius 1 is 1.44 bits per heavy atom. The quantitative estimate of drug-likeness (QED) is 0.872. The van der Waals surface area contributed by atoms with Crippen LogP contribution in [0.5, 0.6) is 0 Å². The van der Waals surface area contributed by atoms with E-state index >= 15 is 0 Å². The molecular weight excluding hydrogens is 224 g/mol. The number of anilines is 1. The minimum absolute atomic E-state index is 0.291. The molecule has 4 nitrogen and oxygen atoms in total. The third kappa shape index (κ3) is 2.69. The number of hydrogen-bond donors (Lipinski definition) is 1. The Morgan fingerprint density at radius 2 is 2.17 bits per heavy atom. The van der Waals surface area contributed by atoms with Gasteiger partial charge in [-0.2, -0.15) is 5.10 Å². The lowest BCUT2D eigenvalue weighted by Crippen LogP contribution is -2.60. The first-order valence-electron chi connectivity index (χ1n) is 6.90. The van der Waals surface area contributed by atoms with E-state index in [2.05, 4.69) is 49.2 Å². The molecule has 2 unspecified atom stereocenters. The molecule has 2 rings (SSSR count). The molecule has 1 saturated heterocycles. The molecule has 0 amide bonds. The van der Waals surface area contributed by atoms with Gasteiger partial charge in [0.2, 0.25) is 0 Å². The zero-order valence-electron chi connectivity index (χ0n) is 12.3. The van der Waals surface area contributed by atoms with Crippen molar-refractivity contribution < 1.29 is 0 Å². The minimum atomic E-state index is 0.291. The maximum atomic E-state index is 4.30. The summed E-state index contributed by atoms with van der Waals surface area (Å²) in [6.45, 7) is 11.3. The zero-order valence-corrected chi connectivity index (χ0v) is 12.3. The van der Waals surface area contributed by atoms with Gasteiger partial charge in [0.25, 0.3) is 0 Å². The third-order valence-electron chi connectivity index (χ3n) is 3.96. The molecule has 1 aliphatic rings.